The standard InChI is InChI=1S/C12H23NO2/c1-2-3-4-5-12(15)13-8-6-11(10-14)7-9-13/h11,14H,2-10H2,1H3. The van der Waals surface area contributed by atoms with Gasteiger partial charge in [0.2, 0.25) is 5.91 Å². The van der Waals surface area contributed by atoms with E-state index in [1.54, 1.807) is 0 Å². The van der Waals surface area contributed by atoms with Crippen molar-refractivity contribution in [1.82, 2.24) is 4.90 Å². The molecule has 88 valence electrons. The highest BCUT2D eigenvalue weighted by Gasteiger charge is 2.21. The van der Waals surface area contributed by atoms with E-state index in [1.165, 1.54) is 6.42 Å². The number of amides is 1. The third kappa shape index (κ3) is 4.20. The molecule has 0 aromatic rings. The number of aliphatic hydroxyl groups excluding tert-OH is 1. The van der Waals surface area contributed by atoms with Gasteiger partial charge < -0.3 is 10.0 Å². The normalized spacial score (nSPS) is 18.1. The summed E-state index contributed by atoms with van der Waals surface area (Å²) in [6.07, 6.45) is 5.98. The third-order valence-electron chi connectivity index (χ3n) is 3.22. The van der Waals surface area contributed by atoms with E-state index in [1.807, 2.05) is 4.90 Å². The molecule has 1 aliphatic heterocycles. The van der Waals surface area contributed by atoms with Crippen LogP contribution in [-0.2, 0) is 4.79 Å². The van der Waals surface area contributed by atoms with Crippen LogP contribution < -0.4 is 0 Å². The second kappa shape index (κ2) is 6.83. The summed E-state index contributed by atoms with van der Waals surface area (Å²) in [5.41, 5.74) is 0. The summed E-state index contributed by atoms with van der Waals surface area (Å²) in [6, 6.07) is 0. The molecule has 0 spiro atoms. The number of unbranched alkanes of at least 4 members (excludes halogenated alkanes) is 2. The molecular formula is C12H23NO2. The first-order chi connectivity index (χ1) is 7.27. The van der Waals surface area contributed by atoms with Gasteiger partial charge in [-0.2, -0.15) is 0 Å². The summed E-state index contributed by atoms with van der Waals surface area (Å²) in [7, 11) is 0. The van der Waals surface area contributed by atoms with E-state index in [9.17, 15) is 4.79 Å². The average molecular weight is 213 g/mol. The predicted octanol–water partition coefficient (Wildman–Crippen LogP) is 1.80. The largest absolute Gasteiger partial charge is 0.396 e. The first-order valence-electron chi connectivity index (χ1n) is 6.16. The van der Waals surface area contributed by atoms with Crippen LogP contribution in [0.15, 0.2) is 0 Å². The van der Waals surface area contributed by atoms with Crippen molar-refractivity contribution in [3.63, 3.8) is 0 Å². The van der Waals surface area contributed by atoms with Gasteiger partial charge in [0.1, 0.15) is 0 Å². The molecule has 0 bridgehead atoms. The van der Waals surface area contributed by atoms with Crippen LogP contribution in [-0.4, -0.2) is 35.6 Å². The molecule has 0 aliphatic carbocycles. The first kappa shape index (κ1) is 12.5. The minimum Gasteiger partial charge on any atom is -0.396 e. The molecule has 1 fully saturated rings. The van der Waals surface area contributed by atoms with E-state index in [0.717, 1.165) is 38.8 Å². The van der Waals surface area contributed by atoms with Crippen molar-refractivity contribution < 1.29 is 9.90 Å². The Morgan fingerprint density at radius 3 is 2.53 bits per heavy atom. The lowest BCUT2D eigenvalue weighted by Crippen LogP contribution is -2.39. The van der Waals surface area contributed by atoms with Crippen molar-refractivity contribution in [2.24, 2.45) is 5.92 Å². The molecular weight excluding hydrogens is 190 g/mol. The van der Waals surface area contributed by atoms with Gasteiger partial charge >= 0.3 is 0 Å². The maximum absolute atomic E-state index is 11.7. The van der Waals surface area contributed by atoms with Gasteiger partial charge in [-0.25, -0.2) is 0 Å². The van der Waals surface area contributed by atoms with E-state index in [2.05, 4.69) is 6.92 Å². The van der Waals surface area contributed by atoms with Gasteiger partial charge in [-0.3, -0.25) is 4.79 Å². The van der Waals surface area contributed by atoms with Crippen molar-refractivity contribution in [3.8, 4) is 0 Å². The monoisotopic (exact) mass is 213 g/mol. The minimum atomic E-state index is 0.276. The molecule has 3 heteroatoms. The highest BCUT2D eigenvalue weighted by Crippen LogP contribution is 2.17. The van der Waals surface area contributed by atoms with Crippen molar-refractivity contribution in [1.29, 1.82) is 0 Å². The third-order valence-corrected chi connectivity index (χ3v) is 3.22. The van der Waals surface area contributed by atoms with E-state index >= 15 is 0 Å². The Balaban J connectivity index is 2.18. The SMILES string of the molecule is CCCCCC(=O)N1CCC(CO)CC1. The maximum Gasteiger partial charge on any atom is 0.222 e. The highest BCUT2D eigenvalue weighted by atomic mass is 16.3. The van der Waals surface area contributed by atoms with E-state index < -0.39 is 0 Å². The Bertz CT molecular complexity index is 186. The zero-order valence-corrected chi connectivity index (χ0v) is 9.74. The number of carbonyl (C=O) groups excluding carboxylic acids is 1. The number of rotatable bonds is 5. The molecule has 1 N–H and O–H groups in total. The summed E-state index contributed by atoms with van der Waals surface area (Å²) in [4.78, 5) is 13.7. The van der Waals surface area contributed by atoms with E-state index in [-0.39, 0.29) is 6.61 Å². The number of hydrogen-bond acceptors (Lipinski definition) is 2. The molecule has 1 aliphatic rings. The molecule has 15 heavy (non-hydrogen) atoms. The Morgan fingerprint density at radius 2 is 2.00 bits per heavy atom. The predicted molar refractivity (Wildman–Crippen MR) is 60.5 cm³/mol. The van der Waals surface area contributed by atoms with Crippen LogP contribution in [0.2, 0.25) is 0 Å². The fourth-order valence-electron chi connectivity index (χ4n) is 2.05. The quantitative estimate of drug-likeness (QED) is 0.707. The number of nitrogens with zero attached hydrogens (tertiary/aromatic N) is 1. The maximum atomic E-state index is 11.7. The van der Waals surface area contributed by atoms with Crippen LogP contribution >= 0.6 is 0 Å². The van der Waals surface area contributed by atoms with Crippen molar-refractivity contribution in [2.75, 3.05) is 19.7 Å². The van der Waals surface area contributed by atoms with Gasteiger partial charge in [-0.15, -0.1) is 0 Å². The molecule has 0 unspecified atom stereocenters. The van der Waals surface area contributed by atoms with Gasteiger partial charge in [-0.05, 0) is 25.2 Å². The van der Waals surface area contributed by atoms with Crippen LogP contribution in [0.4, 0.5) is 0 Å². The minimum absolute atomic E-state index is 0.276. The van der Waals surface area contributed by atoms with Gasteiger partial charge in [0.15, 0.2) is 0 Å². The highest BCUT2D eigenvalue weighted by molar-refractivity contribution is 5.76. The van der Waals surface area contributed by atoms with Crippen molar-refractivity contribution in [2.45, 2.75) is 45.4 Å². The number of carbonyl (C=O) groups is 1. The number of likely N-dealkylation sites (tertiary alicyclic amines) is 1. The van der Waals surface area contributed by atoms with Gasteiger partial charge in [0.25, 0.3) is 0 Å². The molecule has 0 aromatic heterocycles. The zero-order valence-electron chi connectivity index (χ0n) is 9.74. The summed E-state index contributed by atoms with van der Waals surface area (Å²) < 4.78 is 0. The second-order valence-corrected chi connectivity index (χ2v) is 4.46. The molecule has 0 aromatic carbocycles. The van der Waals surface area contributed by atoms with Gasteiger partial charge in [-0.1, -0.05) is 19.8 Å². The smallest absolute Gasteiger partial charge is 0.222 e. The lowest BCUT2D eigenvalue weighted by Gasteiger charge is -2.31. The van der Waals surface area contributed by atoms with Crippen LogP contribution in [0.3, 0.4) is 0 Å². The average Bonchev–Trinajstić information content (AvgIpc) is 2.29. The summed E-state index contributed by atoms with van der Waals surface area (Å²) in [5, 5.41) is 8.99. The molecule has 1 amide bonds. The molecule has 1 saturated heterocycles. The summed E-state index contributed by atoms with van der Waals surface area (Å²) in [6.45, 7) is 4.11. The molecule has 0 atom stereocenters. The van der Waals surface area contributed by atoms with E-state index in [4.69, 9.17) is 5.11 Å². The second-order valence-electron chi connectivity index (χ2n) is 4.46. The van der Waals surface area contributed by atoms with Crippen LogP contribution in [0.25, 0.3) is 0 Å². The Labute approximate surface area is 92.5 Å². The Morgan fingerprint density at radius 1 is 1.33 bits per heavy atom. The molecule has 1 rings (SSSR count). The zero-order chi connectivity index (χ0) is 11.1. The van der Waals surface area contributed by atoms with Crippen LogP contribution in [0, 0.1) is 5.92 Å². The molecule has 0 radical (unpaired) electrons. The summed E-state index contributed by atoms with van der Waals surface area (Å²) in [5.74, 6) is 0.726. The first-order valence-corrected chi connectivity index (χ1v) is 6.16. The Hall–Kier alpha value is -0.570. The lowest BCUT2D eigenvalue weighted by atomic mass is 9.97. The van der Waals surface area contributed by atoms with Gasteiger partial charge in [0, 0.05) is 26.1 Å². The number of hydrogen-bond donors (Lipinski definition) is 1. The number of piperidine rings is 1. The van der Waals surface area contributed by atoms with Crippen LogP contribution in [0.5, 0.6) is 0 Å². The topological polar surface area (TPSA) is 40.5 Å². The number of aliphatic hydroxyl groups is 1. The van der Waals surface area contributed by atoms with Crippen molar-refractivity contribution >= 4 is 5.91 Å². The van der Waals surface area contributed by atoms with Crippen LogP contribution in [0.1, 0.15) is 45.4 Å². The molecule has 0 saturated carbocycles. The Kier molecular flexibility index (Phi) is 5.69. The molecule has 1 heterocycles. The fraction of sp³-hybridized carbons (Fsp3) is 0.917. The van der Waals surface area contributed by atoms with Gasteiger partial charge in [0.05, 0.1) is 0 Å². The summed E-state index contributed by atoms with van der Waals surface area (Å²) >= 11 is 0. The fourth-order valence-corrected chi connectivity index (χ4v) is 2.05. The van der Waals surface area contributed by atoms with E-state index in [0.29, 0.717) is 18.2 Å². The lowest BCUT2D eigenvalue weighted by molar-refractivity contribution is -0.132. The van der Waals surface area contributed by atoms with Crippen molar-refractivity contribution in [3.05, 3.63) is 0 Å². The molecule has 3 nitrogen and oxygen atoms in total.